The van der Waals surface area contributed by atoms with Gasteiger partial charge in [0, 0.05) is 101 Å². The van der Waals surface area contributed by atoms with Gasteiger partial charge in [-0.2, -0.15) is 5.10 Å². The van der Waals surface area contributed by atoms with E-state index in [1.54, 1.807) is 29.5 Å². The van der Waals surface area contributed by atoms with Crippen LogP contribution >= 0.6 is 22.7 Å². The molecule has 20 nitrogen and oxygen atoms in total. The minimum atomic E-state index is -1.14. The van der Waals surface area contributed by atoms with Crippen LogP contribution in [-0.4, -0.2) is 139 Å². The maximum Gasteiger partial charge on any atom is 0.355 e. The van der Waals surface area contributed by atoms with Crippen molar-refractivity contribution in [3.8, 4) is 21.6 Å². The average molecular weight is 1230 g/mol. The van der Waals surface area contributed by atoms with Crippen LogP contribution in [0.15, 0.2) is 84.5 Å². The lowest BCUT2D eigenvalue weighted by Gasteiger charge is -2.35. The number of aliphatic hydroxyl groups is 1. The Hall–Kier alpha value is -8.08. The van der Waals surface area contributed by atoms with Crippen LogP contribution in [0.2, 0.25) is 0 Å². The second-order valence-electron chi connectivity index (χ2n) is 24.9. The quantitative estimate of drug-likeness (QED) is 0.0449. The monoisotopic (exact) mass is 1230 g/mol. The van der Waals surface area contributed by atoms with Gasteiger partial charge in [0.2, 0.25) is 23.6 Å². The fourth-order valence-electron chi connectivity index (χ4n) is 12.3. The normalized spacial score (nSPS) is 16.9. The Balaban J connectivity index is 0.760. The number of β-amino-alcohol motifs (C(OH)–C–C–N with tert-alkyl or cyclic N) is 1. The standard InChI is InChI=1S/C66H80N12O8S2/c1-39(43-21-23-44(24-22-43)59-40(2)67-38-87-59)69-62(83)53-33-47(79)36-77(53)63(84)60(66(4,5)6)72-56(80)19-14-20-57(81)75(8)30-29-74(7)46-31-45-27-28-76(37-51(45)49(32-46)61(82)73-65-70-52-17-12-13-18-54(52)88-65)55-26-25-48(58(71-55)64(85)86)50-34-68-78(41(50)3)35-42-15-10-9-11-16-42/h12-13,17-18,21-26,31-32,34,38-39,42,47,53,60,79H,9-11,14-16,19-20,27-30,33,35-37H2,1-8H3,(H,69,83)(H,72,80)(H,85,86)(H,70,73,82)/t39-,47+,53-,60+/m0/s1. The molecule has 22 heteroatoms. The number of benzene rings is 3. The van der Waals surface area contributed by atoms with E-state index in [9.17, 15) is 39.0 Å². The molecule has 88 heavy (non-hydrogen) atoms. The van der Waals surface area contributed by atoms with Crippen LogP contribution in [0.1, 0.15) is 140 Å². The molecule has 2 aliphatic heterocycles. The van der Waals surface area contributed by atoms with Gasteiger partial charge in [-0.15, -0.1) is 11.3 Å². The van der Waals surface area contributed by atoms with E-state index < -0.39 is 47.3 Å². The van der Waals surface area contributed by atoms with E-state index in [2.05, 4.69) is 32.0 Å². The highest BCUT2D eigenvalue weighted by Crippen LogP contribution is 2.36. The number of aromatic carboxylic acids is 1. The van der Waals surface area contributed by atoms with E-state index in [4.69, 9.17) is 10.1 Å². The van der Waals surface area contributed by atoms with Crippen molar-refractivity contribution in [1.29, 1.82) is 0 Å². The molecule has 1 aliphatic carbocycles. The molecule has 4 aromatic heterocycles. The Bertz CT molecular complexity index is 3680. The summed E-state index contributed by atoms with van der Waals surface area (Å²) in [6.45, 7) is 13.6. The molecule has 7 aromatic rings. The number of hydrogen-bond acceptors (Lipinski definition) is 15. The number of nitrogens with zero attached hydrogens (tertiary/aromatic N) is 9. The number of likely N-dealkylation sites (tertiary alicyclic amines) is 1. The molecule has 10 rings (SSSR count). The third kappa shape index (κ3) is 14.4. The van der Waals surface area contributed by atoms with Gasteiger partial charge in [0.15, 0.2) is 10.8 Å². The number of aryl methyl sites for hydroxylation is 1. The Morgan fingerprint density at radius 1 is 0.886 bits per heavy atom. The number of pyridine rings is 1. The molecule has 0 unspecified atom stereocenters. The lowest BCUT2D eigenvalue weighted by atomic mass is 9.85. The number of likely N-dealkylation sites (N-methyl/N-ethyl adjacent to an activating group) is 2. The van der Waals surface area contributed by atoms with Crippen LogP contribution in [0.25, 0.3) is 31.8 Å². The van der Waals surface area contributed by atoms with Gasteiger partial charge < -0.3 is 40.4 Å². The predicted molar refractivity (Wildman–Crippen MR) is 344 cm³/mol. The van der Waals surface area contributed by atoms with E-state index in [1.807, 2.05) is 135 Å². The van der Waals surface area contributed by atoms with Crippen LogP contribution < -0.4 is 25.8 Å². The topological polar surface area (TPSA) is 248 Å². The maximum atomic E-state index is 14.5. The van der Waals surface area contributed by atoms with E-state index in [1.165, 1.54) is 48.3 Å². The maximum absolute atomic E-state index is 14.5. The van der Waals surface area contributed by atoms with Crippen molar-refractivity contribution in [2.45, 2.75) is 143 Å². The first-order valence-electron chi connectivity index (χ1n) is 30.5. The summed E-state index contributed by atoms with van der Waals surface area (Å²) in [6, 6.07) is 20.8. The Morgan fingerprint density at radius 2 is 1.65 bits per heavy atom. The molecule has 5 N–H and O–H groups in total. The number of carboxylic acids is 1. The molecule has 3 aromatic carbocycles. The zero-order valence-corrected chi connectivity index (χ0v) is 53.1. The van der Waals surface area contributed by atoms with Crippen molar-refractivity contribution < 1.29 is 39.0 Å². The third-order valence-electron chi connectivity index (χ3n) is 17.5. The fourth-order valence-corrected chi connectivity index (χ4v) is 13.9. The van der Waals surface area contributed by atoms with Gasteiger partial charge >= 0.3 is 5.97 Å². The van der Waals surface area contributed by atoms with Gasteiger partial charge in [-0.1, -0.05) is 87.8 Å². The molecule has 0 spiro atoms. The van der Waals surface area contributed by atoms with Crippen molar-refractivity contribution in [2.75, 3.05) is 55.4 Å². The summed E-state index contributed by atoms with van der Waals surface area (Å²) in [5, 5.41) is 35.5. The predicted octanol–water partition coefficient (Wildman–Crippen LogP) is 9.82. The van der Waals surface area contributed by atoms with E-state index in [0.29, 0.717) is 60.6 Å². The zero-order chi connectivity index (χ0) is 62.6. The molecule has 3 aliphatic rings. The number of aliphatic hydroxyl groups excluding tert-OH is 1. The van der Waals surface area contributed by atoms with E-state index in [0.717, 1.165) is 66.5 Å². The van der Waals surface area contributed by atoms with Gasteiger partial charge in [0.1, 0.15) is 17.9 Å². The van der Waals surface area contributed by atoms with Gasteiger partial charge in [-0.05, 0) is 116 Å². The lowest BCUT2D eigenvalue weighted by Crippen LogP contribution is -2.57. The lowest BCUT2D eigenvalue weighted by molar-refractivity contribution is -0.144. The number of aromatic nitrogens is 5. The summed E-state index contributed by atoms with van der Waals surface area (Å²) >= 11 is 2.94. The number of anilines is 3. The van der Waals surface area contributed by atoms with Crippen LogP contribution in [0.3, 0.4) is 0 Å². The third-order valence-corrected chi connectivity index (χ3v) is 19.5. The first-order chi connectivity index (χ1) is 42.1. The number of para-hydroxylation sites is 1. The number of nitrogens with one attached hydrogen (secondary N) is 3. The number of thiazole rings is 2. The SMILES string of the molecule is Cc1ncsc1-c1ccc([C@H](C)NC(=O)[C@@H]2C[C@@H](O)CN2C(=O)[C@@H](NC(=O)CCCC(=O)N(C)CCN(C)c2cc3c(c(C(=O)Nc4nc5ccccc5s4)c2)CN(c2ccc(-c4cnn(CC5CCCCC5)c4C)c(C(=O)O)n2)CC3)C(C)(C)C)cc1. The Labute approximate surface area is 521 Å². The van der Waals surface area contributed by atoms with Gasteiger partial charge in [0.25, 0.3) is 5.91 Å². The highest BCUT2D eigenvalue weighted by Gasteiger charge is 2.45. The van der Waals surface area contributed by atoms with E-state index in [-0.39, 0.29) is 55.8 Å². The number of rotatable bonds is 21. The highest BCUT2D eigenvalue weighted by atomic mass is 32.1. The summed E-state index contributed by atoms with van der Waals surface area (Å²) in [5.41, 5.74) is 9.72. The molecule has 464 valence electrons. The summed E-state index contributed by atoms with van der Waals surface area (Å²) in [6.07, 6.45) is 7.75. The zero-order valence-electron chi connectivity index (χ0n) is 51.5. The van der Waals surface area contributed by atoms with Crippen LogP contribution in [-0.2, 0) is 38.7 Å². The number of carbonyl (C=O) groups excluding carboxylic acids is 5. The number of fused-ring (bicyclic) bond motifs is 2. The van der Waals surface area contributed by atoms with Crippen molar-refractivity contribution in [2.24, 2.45) is 11.3 Å². The molecule has 6 heterocycles. The second kappa shape index (κ2) is 27.1. The van der Waals surface area contributed by atoms with Crippen molar-refractivity contribution in [1.82, 2.24) is 45.2 Å². The average Bonchev–Trinajstić information content (AvgIpc) is 1.78. The summed E-state index contributed by atoms with van der Waals surface area (Å²) in [4.78, 5) is 105. The highest BCUT2D eigenvalue weighted by molar-refractivity contribution is 7.22. The Morgan fingerprint density at radius 3 is 2.36 bits per heavy atom. The Kier molecular flexibility index (Phi) is 19.4. The molecule has 4 atom stereocenters. The molecule has 0 radical (unpaired) electrons. The molecular weight excluding hydrogens is 1150 g/mol. The van der Waals surface area contributed by atoms with Gasteiger partial charge in [0.05, 0.1) is 44.6 Å². The number of carbonyl (C=O) groups is 6. The largest absolute Gasteiger partial charge is 0.476 e. The smallest absolute Gasteiger partial charge is 0.355 e. The van der Waals surface area contributed by atoms with Crippen LogP contribution in [0.5, 0.6) is 0 Å². The fraction of sp³-hybridized carbons (Fsp3) is 0.455. The molecular formula is C66H80N12O8S2. The molecule has 1 saturated heterocycles. The van der Waals surface area contributed by atoms with Crippen LogP contribution in [0.4, 0.5) is 16.6 Å². The molecule has 1 saturated carbocycles. The minimum absolute atomic E-state index is 0.0201. The molecule has 5 amide bonds. The van der Waals surface area contributed by atoms with Gasteiger partial charge in [-0.3, -0.25) is 34.0 Å². The minimum Gasteiger partial charge on any atom is -0.476 e. The van der Waals surface area contributed by atoms with E-state index >= 15 is 0 Å². The van der Waals surface area contributed by atoms with Gasteiger partial charge in [-0.25, -0.2) is 19.7 Å². The first-order valence-corrected chi connectivity index (χ1v) is 32.2. The summed E-state index contributed by atoms with van der Waals surface area (Å²) in [7, 11) is 3.62. The molecule has 2 fully saturated rings. The van der Waals surface area contributed by atoms with Crippen molar-refractivity contribution in [3.63, 3.8) is 0 Å². The van der Waals surface area contributed by atoms with Crippen molar-refractivity contribution >= 4 is 85.0 Å². The summed E-state index contributed by atoms with van der Waals surface area (Å²) in [5.74, 6) is -1.89. The van der Waals surface area contributed by atoms with Crippen molar-refractivity contribution in [3.05, 3.63) is 124 Å². The summed E-state index contributed by atoms with van der Waals surface area (Å²) < 4.78 is 2.93. The number of hydrogen-bond donors (Lipinski definition) is 5. The molecule has 0 bridgehead atoms. The number of amides is 5. The second-order valence-corrected chi connectivity index (χ2v) is 26.8. The van der Waals surface area contributed by atoms with Crippen LogP contribution in [0, 0.1) is 25.2 Å². The first kappa shape index (κ1) is 63.0. The number of carboxylic acid groups (broad SMARTS) is 1.